The molecule has 29 heavy (non-hydrogen) atoms. The summed E-state index contributed by atoms with van der Waals surface area (Å²) in [4.78, 5) is 16.0. The zero-order chi connectivity index (χ0) is 20.6. The molecule has 0 saturated carbocycles. The standard InChI is InChI=1S/C21H20F2N2O4/c1-27-15-3-5-16(6-4-15)28-11-10-24-20(26)8-9-21-25-13-19(29-21)17-7-2-14(22)12-18(17)23/h2-7,12-13H,8-11H2,1H3,(H,24,26). The molecule has 0 bridgehead atoms. The number of aromatic nitrogens is 1. The summed E-state index contributed by atoms with van der Waals surface area (Å²) in [6.07, 6.45) is 1.77. The van der Waals surface area contributed by atoms with Crippen LogP contribution in [0.4, 0.5) is 8.78 Å². The Balaban J connectivity index is 1.40. The number of benzene rings is 2. The average Bonchev–Trinajstić information content (AvgIpc) is 3.19. The van der Waals surface area contributed by atoms with Crippen molar-refractivity contribution in [2.24, 2.45) is 0 Å². The first kappa shape index (κ1) is 20.3. The van der Waals surface area contributed by atoms with Crippen molar-refractivity contribution in [2.45, 2.75) is 12.8 Å². The van der Waals surface area contributed by atoms with Gasteiger partial charge >= 0.3 is 0 Å². The van der Waals surface area contributed by atoms with Crippen molar-refractivity contribution in [3.63, 3.8) is 0 Å². The maximum atomic E-state index is 13.8. The van der Waals surface area contributed by atoms with Gasteiger partial charge in [-0.2, -0.15) is 0 Å². The smallest absolute Gasteiger partial charge is 0.220 e. The van der Waals surface area contributed by atoms with Gasteiger partial charge in [-0.1, -0.05) is 0 Å². The molecule has 152 valence electrons. The summed E-state index contributed by atoms with van der Waals surface area (Å²) < 4.78 is 42.8. The summed E-state index contributed by atoms with van der Waals surface area (Å²) in [7, 11) is 1.59. The minimum Gasteiger partial charge on any atom is -0.497 e. The lowest BCUT2D eigenvalue weighted by Gasteiger charge is -2.08. The van der Waals surface area contributed by atoms with Crippen LogP contribution in [0.1, 0.15) is 12.3 Å². The molecule has 2 aromatic carbocycles. The number of ether oxygens (including phenoxy) is 2. The molecule has 6 nitrogen and oxygen atoms in total. The fraction of sp³-hybridized carbons (Fsp3) is 0.238. The quantitative estimate of drug-likeness (QED) is 0.552. The van der Waals surface area contributed by atoms with Gasteiger partial charge in [-0.25, -0.2) is 13.8 Å². The average molecular weight is 402 g/mol. The Labute approximate surface area is 166 Å². The van der Waals surface area contributed by atoms with Crippen molar-refractivity contribution in [1.29, 1.82) is 0 Å². The van der Waals surface area contributed by atoms with Gasteiger partial charge < -0.3 is 19.2 Å². The molecule has 1 amide bonds. The molecule has 0 aliphatic rings. The van der Waals surface area contributed by atoms with Crippen LogP contribution in [0.25, 0.3) is 11.3 Å². The van der Waals surface area contributed by atoms with Crippen molar-refractivity contribution in [2.75, 3.05) is 20.3 Å². The van der Waals surface area contributed by atoms with E-state index in [4.69, 9.17) is 13.9 Å². The van der Waals surface area contributed by atoms with E-state index in [1.807, 2.05) is 0 Å². The van der Waals surface area contributed by atoms with Gasteiger partial charge in [0.15, 0.2) is 11.7 Å². The van der Waals surface area contributed by atoms with Gasteiger partial charge in [0.25, 0.3) is 0 Å². The summed E-state index contributed by atoms with van der Waals surface area (Å²) in [6, 6.07) is 10.3. The third-order valence-electron chi connectivity index (χ3n) is 4.07. The predicted octanol–water partition coefficient (Wildman–Crippen LogP) is 3.76. The molecule has 3 aromatic rings. The Morgan fingerprint density at radius 1 is 1.14 bits per heavy atom. The molecule has 1 heterocycles. The molecule has 1 aromatic heterocycles. The topological polar surface area (TPSA) is 73.6 Å². The highest BCUT2D eigenvalue weighted by Crippen LogP contribution is 2.24. The second-order valence-corrected chi connectivity index (χ2v) is 6.12. The number of nitrogens with zero attached hydrogens (tertiary/aromatic N) is 1. The number of methoxy groups -OCH3 is 1. The molecule has 0 radical (unpaired) electrons. The number of amides is 1. The number of aryl methyl sites for hydroxylation is 1. The number of oxazole rings is 1. The Morgan fingerprint density at radius 3 is 2.62 bits per heavy atom. The largest absolute Gasteiger partial charge is 0.497 e. The number of hydrogen-bond donors (Lipinski definition) is 1. The molecular weight excluding hydrogens is 382 g/mol. The summed E-state index contributed by atoms with van der Waals surface area (Å²) in [5.41, 5.74) is 0.116. The van der Waals surface area contributed by atoms with Crippen molar-refractivity contribution >= 4 is 5.91 Å². The molecule has 0 spiro atoms. The number of rotatable bonds is 9. The zero-order valence-corrected chi connectivity index (χ0v) is 15.8. The lowest BCUT2D eigenvalue weighted by molar-refractivity contribution is -0.121. The number of halogens is 2. The van der Waals surface area contributed by atoms with Crippen molar-refractivity contribution in [3.8, 4) is 22.8 Å². The van der Waals surface area contributed by atoms with E-state index in [0.717, 1.165) is 17.9 Å². The van der Waals surface area contributed by atoms with Gasteiger partial charge in [0.1, 0.15) is 29.7 Å². The molecule has 0 aliphatic carbocycles. The highest BCUT2D eigenvalue weighted by Gasteiger charge is 2.13. The molecular formula is C21H20F2N2O4. The molecule has 3 rings (SSSR count). The second-order valence-electron chi connectivity index (χ2n) is 6.12. The summed E-state index contributed by atoms with van der Waals surface area (Å²) in [5, 5.41) is 2.74. The first-order valence-electron chi connectivity index (χ1n) is 8.99. The van der Waals surface area contributed by atoms with E-state index in [1.165, 1.54) is 12.3 Å². The summed E-state index contributed by atoms with van der Waals surface area (Å²) in [5.74, 6) is 0.319. The van der Waals surface area contributed by atoms with E-state index in [9.17, 15) is 13.6 Å². The summed E-state index contributed by atoms with van der Waals surface area (Å²) in [6.45, 7) is 0.674. The van der Waals surface area contributed by atoms with Crippen molar-refractivity contribution in [1.82, 2.24) is 10.3 Å². The van der Waals surface area contributed by atoms with E-state index in [1.54, 1.807) is 31.4 Å². The van der Waals surface area contributed by atoms with E-state index in [2.05, 4.69) is 10.3 Å². The van der Waals surface area contributed by atoms with Crippen LogP contribution in [0, 0.1) is 11.6 Å². The highest BCUT2D eigenvalue weighted by atomic mass is 19.1. The van der Waals surface area contributed by atoms with Gasteiger partial charge in [0.05, 0.1) is 25.4 Å². The van der Waals surface area contributed by atoms with Crippen LogP contribution in [0.5, 0.6) is 11.5 Å². The van der Waals surface area contributed by atoms with Crippen LogP contribution in [0.15, 0.2) is 53.1 Å². The Bertz CT molecular complexity index is 958. The fourth-order valence-electron chi connectivity index (χ4n) is 2.58. The van der Waals surface area contributed by atoms with Crippen LogP contribution >= 0.6 is 0 Å². The normalized spacial score (nSPS) is 10.6. The number of carbonyl (C=O) groups excluding carboxylic acids is 1. The molecule has 1 N–H and O–H groups in total. The van der Waals surface area contributed by atoms with Gasteiger partial charge in [-0.3, -0.25) is 4.79 Å². The Morgan fingerprint density at radius 2 is 1.90 bits per heavy atom. The minimum absolute atomic E-state index is 0.116. The summed E-state index contributed by atoms with van der Waals surface area (Å²) >= 11 is 0. The maximum Gasteiger partial charge on any atom is 0.220 e. The van der Waals surface area contributed by atoms with E-state index in [-0.39, 0.29) is 30.1 Å². The van der Waals surface area contributed by atoms with Crippen LogP contribution in [-0.2, 0) is 11.2 Å². The van der Waals surface area contributed by atoms with E-state index >= 15 is 0 Å². The monoisotopic (exact) mass is 402 g/mol. The Hall–Kier alpha value is -3.42. The molecule has 8 heteroatoms. The molecule has 0 aliphatic heterocycles. The van der Waals surface area contributed by atoms with Gasteiger partial charge in [-0.15, -0.1) is 0 Å². The van der Waals surface area contributed by atoms with Crippen molar-refractivity contribution < 1.29 is 27.5 Å². The number of carbonyl (C=O) groups is 1. The van der Waals surface area contributed by atoms with Crippen LogP contribution in [0.2, 0.25) is 0 Å². The van der Waals surface area contributed by atoms with Crippen LogP contribution in [-0.4, -0.2) is 31.2 Å². The van der Waals surface area contributed by atoms with Gasteiger partial charge in [0.2, 0.25) is 5.91 Å². The van der Waals surface area contributed by atoms with Gasteiger partial charge in [-0.05, 0) is 36.4 Å². The van der Waals surface area contributed by atoms with E-state index < -0.39 is 11.6 Å². The fourth-order valence-corrected chi connectivity index (χ4v) is 2.58. The SMILES string of the molecule is COc1ccc(OCCNC(=O)CCc2ncc(-c3ccc(F)cc3F)o2)cc1. The number of hydrogen-bond acceptors (Lipinski definition) is 5. The first-order valence-corrected chi connectivity index (χ1v) is 8.99. The molecule has 0 unspecified atom stereocenters. The molecule has 0 atom stereocenters. The second kappa shape index (κ2) is 9.68. The van der Waals surface area contributed by atoms with Crippen LogP contribution < -0.4 is 14.8 Å². The Kier molecular flexibility index (Phi) is 6.78. The molecule has 0 fully saturated rings. The van der Waals surface area contributed by atoms with Gasteiger partial charge in [0, 0.05) is 18.9 Å². The van der Waals surface area contributed by atoms with Crippen molar-refractivity contribution in [3.05, 3.63) is 66.2 Å². The van der Waals surface area contributed by atoms with E-state index in [0.29, 0.717) is 24.8 Å². The first-order chi connectivity index (χ1) is 14.0. The predicted molar refractivity (Wildman–Crippen MR) is 102 cm³/mol. The lowest BCUT2D eigenvalue weighted by Crippen LogP contribution is -2.28. The van der Waals surface area contributed by atoms with Crippen LogP contribution in [0.3, 0.4) is 0 Å². The highest BCUT2D eigenvalue weighted by molar-refractivity contribution is 5.76. The third-order valence-corrected chi connectivity index (χ3v) is 4.07. The maximum absolute atomic E-state index is 13.8. The lowest BCUT2D eigenvalue weighted by atomic mass is 10.2. The number of nitrogens with one attached hydrogen (secondary N) is 1. The molecule has 0 saturated heterocycles. The zero-order valence-electron chi connectivity index (χ0n) is 15.8. The minimum atomic E-state index is -0.734. The third kappa shape index (κ3) is 5.78.